The summed E-state index contributed by atoms with van der Waals surface area (Å²) < 4.78 is 39.6. The summed E-state index contributed by atoms with van der Waals surface area (Å²) in [5.74, 6) is 0.0671. The lowest BCUT2D eigenvalue weighted by Gasteiger charge is -2.08. The van der Waals surface area contributed by atoms with Crippen LogP contribution in [-0.2, 0) is 23.9 Å². The number of alkyl halides is 3. The van der Waals surface area contributed by atoms with Gasteiger partial charge in [-0.2, -0.15) is 18.3 Å². The Hall–Kier alpha value is -2.87. The van der Waals surface area contributed by atoms with Crippen LogP contribution in [0, 0.1) is 13.8 Å². The zero-order valence-corrected chi connectivity index (χ0v) is 16.5. The highest BCUT2D eigenvalue weighted by Crippen LogP contribution is 2.29. The van der Waals surface area contributed by atoms with Gasteiger partial charge in [-0.05, 0) is 43.7 Å². The normalized spacial score (nSPS) is 11.5. The maximum Gasteiger partial charge on any atom is 0.417 e. The number of halogens is 4. The number of nitrogens with zero attached hydrogens (tertiary/aromatic N) is 3. The van der Waals surface area contributed by atoms with E-state index in [0.29, 0.717) is 28.5 Å². The summed E-state index contributed by atoms with van der Waals surface area (Å²) in [6, 6.07) is 9.36. The fourth-order valence-electron chi connectivity index (χ4n) is 2.86. The smallest absolute Gasteiger partial charge is 0.352 e. The van der Waals surface area contributed by atoms with E-state index in [-0.39, 0.29) is 18.1 Å². The molecule has 2 aromatic heterocycles. The van der Waals surface area contributed by atoms with Crippen molar-refractivity contribution in [3.05, 3.63) is 75.7 Å². The molecule has 0 bridgehead atoms. The first kappa shape index (κ1) is 20.9. The number of rotatable bonds is 5. The topological polar surface area (TPSA) is 59.8 Å². The molecule has 9 heteroatoms. The highest BCUT2D eigenvalue weighted by atomic mass is 35.5. The average Bonchev–Trinajstić information content (AvgIpc) is 2.95. The fraction of sp³-hybridized carbons (Fsp3) is 0.250. The van der Waals surface area contributed by atoms with Crippen LogP contribution in [0.3, 0.4) is 0 Å². The van der Waals surface area contributed by atoms with Gasteiger partial charge in [0.25, 0.3) is 0 Å². The summed E-state index contributed by atoms with van der Waals surface area (Å²) in [6.45, 7) is 3.86. The van der Waals surface area contributed by atoms with E-state index < -0.39 is 11.7 Å². The summed E-state index contributed by atoms with van der Waals surface area (Å²) in [6.07, 6.45) is -3.58. The maximum absolute atomic E-state index is 12.7. The lowest BCUT2D eigenvalue weighted by atomic mass is 10.1. The van der Waals surface area contributed by atoms with Gasteiger partial charge in [0, 0.05) is 29.0 Å². The molecular formula is C20H18ClF3N4O. The zero-order valence-electron chi connectivity index (χ0n) is 15.7. The van der Waals surface area contributed by atoms with Crippen molar-refractivity contribution in [2.75, 3.05) is 0 Å². The minimum Gasteiger partial charge on any atom is -0.352 e. The molecular weight excluding hydrogens is 405 g/mol. The second-order valence-corrected chi connectivity index (χ2v) is 6.98. The predicted octanol–water partition coefficient (Wildman–Crippen LogP) is 4.42. The Kier molecular flexibility index (Phi) is 5.93. The van der Waals surface area contributed by atoms with Crippen LogP contribution >= 0.6 is 11.6 Å². The number of amides is 1. The number of hydrogen-bond donors (Lipinski definition) is 1. The van der Waals surface area contributed by atoms with Crippen molar-refractivity contribution >= 4 is 17.5 Å². The van der Waals surface area contributed by atoms with Crippen LogP contribution in [0.4, 0.5) is 13.2 Å². The number of aryl methyl sites for hydroxylation is 1. The number of hydrogen-bond acceptors (Lipinski definition) is 3. The molecule has 5 nitrogen and oxygen atoms in total. The standard InChI is InChI=1S/C20H18ClF3N4O/c1-12-17(9-19(29)26-10-14-3-6-16(21)7-4-14)13(2)28(27-12)18-8-5-15(11-25-18)20(22,23)24/h3-8,11H,9-10H2,1-2H3,(H,26,29). The van der Waals surface area contributed by atoms with Crippen molar-refractivity contribution < 1.29 is 18.0 Å². The lowest BCUT2D eigenvalue weighted by molar-refractivity contribution is -0.137. The van der Waals surface area contributed by atoms with Crippen molar-refractivity contribution in [1.82, 2.24) is 20.1 Å². The molecule has 1 N–H and O–H groups in total. The van der Waals surface area contributed by atoms with E-state index in [1.807, 2.05) is 12.1 Å². The Morgan fingerprint density at radius 1 is 1.14 bits per heavy atom. The molecule has 3 rings (SSSR count). The monoisotopic (exact) mass is 422 g/mol. The largest absolute Gasteiger partial charge is 0.417 e. The Labute approximate surface area is 170 Å². The minimum atomic E-state index is -4.45. The van der Waals surface area contributed by atoms with Crippen molar-refractivity contribution in [2.45, 2.75) is 33.0 Å². The van der Waals surface area contributed by atoms with Gasteiger partial charge in [-0.1, -0.05) is 23.7 Å². The van der Waals surface area contributed by atoms with Gasteiger partial charge in [0.15, 0.2) is 5.82 Å². The highest BCUT2D eigenvalue weighted by molar-refractivity contribution is 6.30. The van der Waals surface area contributed by atoms with Gasteiger partial charge in [-0.3, -0.25) is 4.79 Å². The summed E-state index contributed by atoms with van der Waals surface area (Å²) in [7, 11) is 0. The number of pyridine rings is 1. The Balaban J connectivity index is 1.72. The quantitative estimate of drug-likeness (QED) is 0.662. The average molecular weight is 423 g/mol. The van der Waals surface area contributed by atoms with Crippen LogP contribution in [0.1, 0.15) is 28.1 Å². The van der Waals surface area contributed by atoms with E-state index in [9.17, 15) is 18.0 Å². The first-order valence-corrected chi connectivity index (χ1v) is 9.13. The van der Waals surface area contributed by atoms with Crippen LogP contribution in [0.5, 0.6) is 0 Å². The Morgan fingerprint density at radius 3 is 2.41 bits per heavy atom. The number of benzene rings is 1. The molecule has 1 aromatic carbocycles. The van der Waals surface area contributed by atoms with Gasteiger partial charge < -0.3 is 5.32 Å². The molecule has 3 aromatic rings. The second-order valence-electron chi connectivity index (χ2n) is 6.54. The van der Waals surface area contributed by atoms with Crippen LogP contribution < -0.4 is 5.32 Å². The summed E-state index contributed by atoms with van der Waals surface area (Å²) >= 11 is 5.84. The number of aromatic nitrogens is 3. The van der Waals surface area contributed by atoms with Gasteiger partial charge in [-0.25, -0.2) is 9.67 Å². The molecule has 0 aliphatic rings. The molecule has 0 atom stereocenters. The van der Waals surface area contributed by atoms with Gasteiger partial charge in [0.05, 0.1) is 17.7 Å². The van der Waals surface area contributed by atoms with Gasteiger partial charge in [0.1, 0.15) is 0 Å². The second kappa shape index (κ2) is 8.24. The third kappa shape index (κ3) is 4.95. The van der Waals surface area contributed by atoms with Crippen LogP contribution in [0.15, 0.2) is 42.6 Å². The zero-order chi connectivity index (χ0) is 21.2. The molecule has 0 radical (unpaired) electrons. The van der Waals surface area contributed by atoms with Crippen LogP contribution in [0.2, 0.25) is 5.02 Å². The van der Waals surface area contributed by atoms with Crippen molar-refractivity contribution in [2.24, 2.45) is 0 Å². The van der Waals surface area contributed by atoms with Gasteiger partial charge in [0.2, 0.25) is 5.91 Å². The molecule has 0 unspecified atom stereocenters. The third-order valence-corrected chi connectivity index (χ3v) is 4.73. The van der Waals surface area contributed by atoms with Crippen molar-refractivity contribution in [3.8, 4) is 5.82 Å². The first-order chi connectivity index (χ1) is 13.6. The lowest BCUT2D eigenvalue weighted by Crippen LogP contribution is -2.25. The molecule has 152 valence electrons. The van der Waals surface area contributed by atoms with Crippen LogP contribution in [0.25, 0.3) is 5.82 Å². The van der Waals surface area contributed by atoms with E-state index in [0.717, 1.165) is 17.8 Å². The van der Waals surface area contributed by atoms with Gasteiger partial charge in [-0.15, -0.1) is 0 Å². The predicted molar refractivity (Wildman–Crippen MR) is 103 cm³/mol. The van der Waals surface area contributed by atoms with E-state index in [1.165, 1.54) is 10.7 Å². The van der Waals surface area contributed by atoms with Crippen molar-refractivity contribution in [1.29, 1.82) is 0 Å². The van der Waals surface area contributed by atoms with E-state index in [1.54, 1.807) is 26.0 Å². The maximum atomic E-state index is 12.7. The molecule has 29 heavy (non-hydrogen) atoms. The van der Waals surface area contributed by atoms with Crippen molar-refractivity contribution in [3.63, 3.8) is 0 Å². The molecule has 0 saturated carbocycles. The molecule has 0 spiro atoms. The first-order valence-electron chi connectivity index (χ1n) is 8.75. The molecule has 1 amide bonds. The number of carbonyl (C=O) groups excluding carboxylic acids is 1. The Bertz CT molecular complexity index is 1010. The SMILES string of the molecule is Cc1nn(-c2ccc(C(F)(F)F)cn2)c(C)c1CC(=O)NCc1ccc(Cl)cc1. The summed E-state index contributed by atoms with van der Waals surface area (Å²) in [5.41, 5.74) is 2.06. The van der Waals surface area contributed by atoms with Crippen LogP contribution in [-0.4, -0.2) is 20.7 Å². The summed E-state index contributed by atoms with van der Waals surface area (Å²) in [4.78, 5) is 16.2. The van der Waals surface area contributed by atoms with Gasteiger partial charge >= 0.3 is 6.18 Å². The third-order valence-electron chi connectivity index (χ3n) is 4.47. The molecule has 0 fully saturated rings. The Morgan fingerprint density at radius 2 is 1.83 bits per heavy atom. The molecule has 0 saturated heterocycles. The fourth-order valence-corrected chi connectivity index (χ4v) is 2.98. The van der Waals surface area contributed by atoms with E-state index in [4.69, 9.17) is 11.6 Å². The summed E-state index contributed by atoms with van der Waals surface area (Å²) in [5, 5.41) is 7.79. The molecule has 0 aliphatic heterocycles. The minimum absolute atomic E-state index is 0.103. The molecule has 2 heterocycles. The molecule has 0 aliphatic carbocycles. The number of carbonyl (C=O) groups is 1. The highest BCUT2D eigenvalue weighted by Gasteiger charge is 2.30. The van der Waals surface area contributed by atoms with E-state index in [2.05, 4.69) is 15.4 Å². The van der Waals surface area contributed by atoms with E-state index >= 15 is 0 Å². The number of nitrogens with one attached hydrogen (secondary N) is 1.